The van der Waals surface area contributed by atoms with E-state index < -0.39 is 0 Å². The van der Waals surface area contributed by atoms with Crippen LogP contribution in [-0.4, -0.2) is 0 Å². The van der Waals surface area contributed by atoms with Crippen LogP contribution in [0, 0.1) is 0 Å². The van der Waals surface area contributed by atoms with E-state index in [-0.39, 0.29) is 0 Å². The molecule has 0 amide bonds. The van der Waals surface area contributed by atoms with Crippen molar-refractivity contribution < 1.29 is 8.83 Å². The molecule has 48 heavy (non-hydrogen) atoms. The van der Waals surface area contributed by atoms with Crippen LogP contribution in [-0.2, 0) is 0 Å². The molecule has 0 N–H and O–H groups in total. The first kappa shape index (κ1) is 26.8. The third-order valence-electron chi connectivity index (χ3n) is 9.69. The van der Waals surface area contributed by atoms with Crippen molar-refractivity contribution >= 4 is 76.2 Å². The summed E-state index contributed by atoms with van der Waals surface area (Å²) in [6, 6.07) is 60.3. The molecule has 0 aliphatic heterocycles. The maximum atomic E-state index is 6.73. The number of para-hydroxylation sites is 1. The van der Waals surface area contributed by atoms with Crippen molar-refractivity contribution in [2.24, 2.45) is 0 Å². The molecule has 0 atom stereocenters. The summed E-state index contributed by atoms with van der Waals surface area (Å²) >= 11 is 0. The van der Waals surface area contributed by atoms with Crippen LogP contribution in [0.1, 0.15) is 0 Å². The summed E-state index contributed by atoms with van der Waals surface area (Å²) in [4.78, 5) is 0. The van der Waals surface area contributed by atoms with Crippen LogP contribution in [0.2, 0.25) is 0 Å². The first-order valence-electron chi connectivity index (χ1n) is 16.3. The topological polar surface area (TPSA) is 26.3 Å². The fraction of sp³-hybridized carbons (Fsp3) is 0. The fourth-order valence-corrected chi connectivity index (χ4v) is 7.49. The standard InChI is InChI=1S/C46H28O2/c1-2-4-16-34(36-18-8-7-17-35(36)33(15-3-1)31-24-23-29-13-5-6-14-30(29)27-31)32-25-26-42-40(28-32)43-37-19-9-10-20-38(37)45-44(46(43)48-42)39-21-11-12-22-41(39)47-45/h1-28H. The van der Waals surface area contributed by atoms with Gasteiger partial charge in [-0.3, -0.25) is 0 Å². The Kier molecular flexibility index (Phi) is 5.91. The van der Waals surface area contributed by atoms with E-state index in [1.165, 1.54) is 32.7 Å². The van der Waals surface area contributed by atoms with E-state index >= 15 is 0 Å². The van der Waals surface area contributed by atoms with Crippen molar-refractivity contribution in [3.05, 3.63) is 170 Å². The molecule has 0 saturated heterocycles. The SMILES string of the molecule is c1cccc(-c2ccc3oc4c(c3c2)c2ccccc2c2oc3ccccc3c24)c2ccccc2c(-c2ccc3ccccc3c2)cc1. The highest BCUT2D eigenvalue weighted by atomic mass is 16.3. The van der Waals surface area contributed by atoms with E-state index in [1.807, 2.05) is 12.1 Å². The van der Waals surface area contributed by atoms with Gasteiger partial charge in [-0.2, -0.15) is 0 Å². The number of fused-ring (bicyclic) bond motifs is 12. The van der Waals surface area contributed by atoms with Gasteiger partial charge < -0.3 is 8.83 Å². The van der Waals surface area contributed by atoms with Crippen LogP contribution in [0.3, 0.4) is 0 Å². The van der Waals surface area contributed by atoms with Crippen molar-refractivity contribution in [1.82, 2.24) is 0 Å². The molecule has 0 radical (unpaired) electrons. The van der Waals surface area contributed by atoms with E-state index in [0.29, 0.717) is 0 Å². The molecule has 2 nitrogen and oxygen atoms in total. The lowest BCUT2D eigenvalue weighted by Crippen LogP contribution is -1.84. The van der Waals surface area contributed by atoms with Gasteiger partial charge in [0.2, 0.25) is 0 Å². The van der Waals surface area contributed by atoms with Crippen LogP contribution < -0.4 is 0 Å². The zero-order valence-electron chi connectivity index (χ0n) is 26.0. The second-order valence-corrected chi connectivity index (χ2v) is 12.4. The minimum Gasteiger partial charge on any atom is -0.455 e. The molecule has 0 spiro atoms. The van der Waals surface area contributed by atoms with Crippen LogP contribution >= 0.6 is 0 Å². The van der Waals surface area contributed by atoms with E-state index in [0.717, 1.165) is 65.8 Å². The third kappa shape index (κ3) is 4.06. The van der Waals surface area contributed by atoms with Gasteiger partial charge in [-0.25, -0.2) is 0 Å². The number of hydrogen-bond acceptors (Lipinski definition) is 2. The van der Waals surface area contributed by atoms with Crippen molar-refractivity contribution in [2.45, 2.75) is 0 Å². The number of benzene rings is 7. The summed E-state index contributed by atoms with van der Waals surface area (Å²) < 4.78 is 13.2. The molecule has 0 aliphatic carbocycles. The Bertz CT molecular complexity index is 2960. The maximum absolute atomic E-state index is 6.73. The second kappa shape index (κ2) is 10.6. The molecule has 0 saturated carbocycles. The molecule has 0 aliphatic rings. The van der Waals surface area contributed by atoms with Gasteiger partial charge in [0.15, 0.2) is 0 Å². The smallest absolute Gasteiger partial charge is 0.147 e. The maximum Gasteiger partial charge on any atom is 0.147 e. The average Bonchev–Trinajstić information content (AvgIpc) is 3.72. The molecule has 0 fully saturated rings. The Labute approximate surface area is 276 Å². The molecular formula is C46H28O2. The summed E-state index contributed by atoms with van der Waals surface area (Å²) in [5.74, 6) is 0. The second-order valence-electron chi connectivity index (χ2n) is 12.4. The van der Waals surface area contributed by atoms with Gasteiger partial charge in [-0.1, -0.05) is 146 Å². The number of furan rings is 2. The van der Waals surface area contributed by atoms with Crippen molar-refractivity contribution in [1.29, 1.82) is 0 Å². The Morgan fingerprint density at radius 1 is 0.292 bits per heavy atom. The van der Waals surface area contributed by atoms with Gasteiger partial charge >= 0.3 is 0 Å². The third-order valence-corrected chi connectivity index (χ3v) is 9.69. The lowest BCUT2D eigenvalue weighted by atomic mass is 9.93. The predicted octanol–water partition coefficient (Wildman–Crippen LogP) is 13.4. The zero-order valence-corrected chi connectivity index (χ0v) is 26.0. The quantitative estimate of drug-likeness (QED) is 0.194. The molecule has 0 bridgehead atoms. The Balaban J connectivity index is 1.29. The predicted molar refractivity (Wildman–Crippen MR) is 202 cm³/mol. The lowest BCUT2D eigenvalue weighted by molar-refractivity contribution is 0.665. The fourth-order valence-electron chi connectivity index (χ4n) is 7.49. The summed E-state index contributed by atoms with van der Waals surface area (Å²) in [6.45, 7) is 0. The first-order valence-corrected chi connectivity index (χ1v) is 16.3. The molecule has 8 aromatic carbocycles. The normalized spacial score (nSPS) is 11.8. The number of hydrogen-bond donors (Lipinski definition) is 0. The van der Waals surface area contributed by atoms with Crippen molar-refractivity contribution in [3.8, 4) is 22.3 Å². The summed E-state index contributed by atoms with van der Waals surface area (Å²) in [7, 11) is 0. The van der Waals surface area contributed by atoms with Crippen molar-refractivity contribution in [3.63, 3.8) is 0 Å². The molecule has 2 heterocycles. The van der Waals surface area contributed by atoms with Crippen molar-refractivity contribution in [2.75, 3.05) is 0 Å². The molecule has 224 valence electrons. The molecular weight excluding hydrogens is 585 g/mol. The van der Waals surface area contributed by atoms with Crippen LogP contribution in [0.4, 0.5) is 0 Å². The van der Waals surface area contributed by atoms with Gasteiger partial charge in [0, 0.05) is 21.5 Å². The molecule has 2 aromatic heterocycles. The zero-order chi connectivity index (χ0) is 31.6. The highest BCUT2D eigenvalue weighted by molar-refractivity contribution is 6.33. The van der Waals surface area contributed by atoms with Crippen LogP contribution in [0.15, 0.2) is 179 Å². The highest BCUT2D eigenvalue weighted by Gasteiger charge is 2.21. The molecule has 10 rings (SSSR count). The highest BCUT2D eigenvalue weighted by Crippen LogP contribution is 2.45. The van der Waals surface area contributed by atoms with E-state index in [4.69, 9.17) is 8.83 Å². The summed E-state index contributed by atoms with van der Waals surface area (Å²) in [6.07, 6.45) is 0. The first-order chi connectivity index (χ1) is 23.8. The van der Waals surface area contributed by atoms with Gasteiger partial charge in [-0.15, -0.1) is 0 Å². The summed E-state index contributed by atoms with van der Waals surface area (Å²) in [5, 5.41) is 11.4. The Morgan fingerprint density at radius 3 is 1.60 bits per heavy atom. The van der Waals surface area contributed by atoms with Crippen LogP contribution in [0.25, 0.3) is 98.4 Å². The van der Waals surface area contributed by atoms with Gasteiger partial charge in [0.25, 0.3) is 0 Å². The molecule has 0 unspecified atom stereocenters. The summed E-state index contributed by atoms with van der Waals surface area (Å²) in [5.41, 5.74) is 8.12. The minimum absolute atomic E-state index is 0.862. The average molecular weight is 613 g/mol. The van der Waals surface area contributed by atoms with Gasteiger partial charge in [0.05, 0.1) is 5.39 Å². The Hall–Kier alpha value is -6.38. The minimum atomic E-state index is 0.862. The molecule has 10 aromatic rings. The number of rotatable bonds is 2. The molecule has 2 heteroatoms. The van der Waals surface area contributed by atoms with Crippen LogP contribution in [0.5, 0.6) is 0 Å². The van der Waals surface area contributed by atoms with Gasteiger partial charge in [-0.05, 0) is 73.5 Å². The lowest BCUT2D eigenvalue weighted by Gasteiger charge is -2.10. The Morgan fingerprint density at radius 2 is 0.833 bits per heavy atom. The van der Waals surface area contributed by atoms with E-state index in [2.05, 4.69) is 158 Å². The van der Waals surface area contributed by atoms with E-state index in [9.17, 15) is 0 Å². The van der Waals surface area contributed by atoms with Gasteiger partial charge in [0.1, 0.15) is 22.3 Å². The monoisotopic (exact) mass is 612 g/mol. The van der Waals surface area contributed by atoms with E-state index in [1.54, 1.807) is 0 Å². The largest absolute Gasteiger partial charge is 0.455 e.